The van der Waals surface area contributed by atoms with Crippen LogP contribution in [-0.2, 0) is 22.4 Å². The summed E-state index contributed by atoms with van der Waals surface area (Å²) in [6.45, 7) is 1.67. The molecule has 2 aromatic heterocycles. The van der Waals surface area contributed by atoms with E-state index in [1.165, 1.54) is 10.9 Å². The zero-order valence-corrected chi connectivity index (χ0v) is 18.8. The van der Waals surface area contributed by atoms with Crippen molar-refractivity contribution in [1.82, 2.24) is 25.4 Å². The first kappa shape index (κ1) is 21.9. The molecule has 0 saturated carbocycles. The van der Waals surface area contributed by atoms with Crippen molar-refractivity contribution in [3.05, 3.63) is 76.3 Å². The van der Waals surface area contributed by atoms with E-state index in [1.807, 2.05) is 36.5 Å². The number of hydrogen-bond donors (Lipinski definition) is 3. The van der Waals surface area contributed by atoms with Crippen LogP contribution in [0.5, 0.6) is 0 Å². The van der Waals surface area contributed by atoms with Gasteiger partial charge in [-0.15, -0.1) is 0 Å². The Kier molecular flexibility index (Phi) is 6.12. The van der Waals surface area contributed by atoms with Crippen molar-refractivity contribution in [1.29, 1.82) is 0 Å². The fourth-order valence-electron chi connectivity index (χ4n) is 4.76. The van der Waals surface area contributed by atoms with E-state index in [4.69, 9.17) is 0 Å². The van der Waals surface area contributed by atoms with Crippen LogP contribution >= 0.6 is 0 Å². The number of nitrogens with zero attached hydrogens (tertiary/aromatic N) is 2. The van der Waals surface area contributed by atoms with Crippen molar-refractivity contribution in [3.8, 4) is 0 Å². The van der Waals surface area contributed by atoms with Crippen molar-refractivity contribution in [2.24, 2.45) is 5.92 Å². The van der Waals surface area contributed by atoms with Crippen molar-refractivity contribution < 1.29 is 9.59 Å². The van der Waals surface area contributed by atoms with Crippen LogP contribution in [0, 0.1) is 5.92 Å². The highest BCUT2D eigenvalue weighted by Crippen LogP contribution is 2.21. The highest BCUT2D eigenvalue weighted by atomic mass is 16.2. The fraction of sp³-hybridized carbons (Fsp3) is 0.308. The Morgan fingerprint density at radius 2 is 1.71 bits per heavy atom. The predicted molar refractivity (Wildman–Crippen MR) is 130 cm³/mol. The molecule has 3 N–H and O–H groups in total. The molecule has 0 atom stereocenters. The lowest BCUT2D eigenvalue weighted by molar-refractivity contribution is -0.135. The van der Waals surface area contributed by atoms with Crippen LogP contribution in [-0.4, -0.2) is 51.5 Å². The molecule has 0 radical (unpaired) electrons. The summed E-state index contributed by atoms with van der Waals surface area (Å²) < 4.78 is 0. The zero-order valence-electron chi connectivity index (χ0n) is 18.8. The fourth-order valence-corrected chi connectivity index (χ4v) is 4.76. The smallest absolute Gasteiger partial charge is 0.272 e. The van der Waals surface area contributed by atoms with Gasteiger partial charge in [0.1, 0.15) is 0 Å². The van der Waals surface area contributed by atoms with E-state index in [2.05, 4.69) is 26.6 Å². The van der Waals surface area contributed by atoms with Gasteiger partial charge in [0.15, 0.2) is 0 Å². The maximum absolute atomic E-state index is 12.9. The lowest BCUT2D eigenvalue weighted by Gasteiger charge is -2.31. The van der Waals surface area contributed by atoms with Crippen LogP contribution in [0.2, 0.25) is 0 Å². The molecule has 174 valence electrons. The number of likely N-dealkylation sites (tertiary alicyclic amines) is 1. The van der Waals surface area contributed by atoms with E-state index in [0.717, 1.165) is 11.9 Å². The summed E-state index contributed by atoms with van der Waals surface area (Å²) >= 11 is 0. The van der Waals surface area contributed by atoms with Crippen LogP contribution in [0.1, 0.15) is 24.1 Å². The monoisotopic (exact) mass is 457 g/mol. The summed E-state index contributed by atoms with van der Waals surface area (Å²) in [4.78, 5) is 42.6. The molecule has 0 aliphatic carbocycles. The number of carbonyl (C=O) groups excluding carboxylic acids is 2. The van der Waals surface area contributed by atoms with E-state index in [0.29, 0.717) is 48.9 Å². The van der Waals surface area contributed by atoms with Gasteiger partial charge in [-0.1, -0.05) is 36.4 Å². The number of rotatable bonds is 6. The molecule has 8 heteroatoms. The third-order valence-electron chi connectivity index (χ3n) is 6.68. The zero-order chi connectivity index (χ0) is 23.5. The van der Waals surface area contributed by atoms with Crippen molar-refractivity contribution in [3.63, 3.8) is 0 Å². The van der Waals surface area contributed by atoms with Crippen LogP contribution in [0.25, 0.3) is 21.7 Å². The Hall–Kier alpha value is -3.94. The van der Waals surface area contributed by atoms with Crippen LogP contribution < -0.4 is 10.9 Å². The molecule has 3 heterocycles. The van der Waals surface area contributed by atoms with Gasteiger partial charge in [-0.2, -0.15) is 5.10 Å². The van der Waals surface area contributed by atoms with Crippen molar-refractivity contribution in [2.45, 2.75) is 25.7 Å². The van der Waals surface area contributed by atoms with Crippen LogP contribution in [0.15, 0.2) is 59.5 Å². The third-order valence-corrected chi connectivity index (χ3v) is 6.68. The molecule has 0 bridgehead atoms. The maximum Gasteiger partial charge on any atom is 0.272 e. The number of carbonyl (C=O) groups is 2. The lowest BCUT2D eigenvalue weighted by Crippen LogP contribution is -2.44. The summed E-state index contributed by atoms with van der Waals surface area (Å²) in [6, 6.07) is 15.3. The minimum atomic E-state index is -0.261. The second-order valence-electron chi connectivity index (χ2n) is 8.78. The second kappa shape index (κ2) is 9.51. The van der Waals surface area contributed by atoms with E-state index in [1.54, 1.807) is 17.0 Å². The number of H-pyrrole nitrogens is 2. The highest BCUT2D eigenvalue weighted by molar-refractivity contribution is 5.88. The van der Waals surface area contributed by atoms with Crippen molar-refractivity contribution in [2.75, 3.05) is 19.6 Å². The molecule has 5 rings (SSSR count). The van der Waals surface area contributed by atoms with E-state index >= 15 is 0 Å². The number of nitrogens with one attached hydrogen (secondary N) is 3. The van der Waals surface area contributed by atoms with Gasteiger partial charge >= 0.3 is 0 Å². The largest absolute Gasteiger partial charge is 0.361 e. The Balaban J connectivity index is 1.12. The number of fused-ring (bicyclic) bond motifs is 2. The van der Waals surface area contributed by atoms with E-state index in [9.17, 15) is 14.4 Å². The summed E-state index contributed by atoms with van der Waals surface area (Å²) in [5.41, 5.74) is 2.60. The molecule has 0 spiro atoms. The Morgan fingerprint density at radius 1 is 1.00 bits per heavy atom. The van der Waals surface area contributed by atoms with Gasteiger partial charge in [0.05, 0.1) is 17.5 Å². The van der Waals surface area contributed by atoms with Crippen LogP contribution in [0.4, 0.5) is 0 Å². The minimum Gasteiger partial charge on any atom is -0.361 e. The molecule has 2 amide bonds. The number of benzene rings is 2. The average molecular weight is 458 g/mol. The summed E-state index contributed by atoms with van der Waals surface area (Å²) in [5, 5.41) is 12.1. The molecule has 2 aromatic carbocycles. The number of piperidine rings is 1. The molecule has 1 aliphatic rings. The van der Waals surface area contributed by atoms with Gasteiger partial charge in [0, 0.05) is 48.0 Å². The van der Waals surface area contributed by atoms with Crippen molar-refractivity contribution >= 4 is 33.5 Å². The Morgan fingerprint density at radius 3 is 2.50 bits per heavy atom. The molecule has 4 aromatic rings. The van der Waals surface area contributed by atoms with Gasteiger partial charge < -0.3 is 15.2 Å². The average Bonchev–Trinajstić information content (AvgIpc) is 3.29. The number of para-hydroxylation sites is 1. The molecule has 1 aliphatic heterocycles. The summed E-state index contributed by atoms with van der Waals surface area (Å²) in [7, 11) is 0. The standard InChI is InChI=1S/C26H27N5O3/c32-24(15-23-20-6-1-2-7-21(20)26(34)30-29-23)31-13-10-17(11-14-31)25(33)27-12-9-18-16-28-22-8-4-3-5-19(18)22/h1-8,16-17,28H,9-15H2,(H,27,33)(H,30,34). The minimum absolute atomic E-state index is 0.0390. The Labute approximate surface area is 196 Å². The normalized spacial score (nSPS) is 14.5. The van der Waals surface area contributed by atoms with Gasteiger partial charge in [-0.25, -0.2) is 5.10 Å². The summed E-state index contributed by atoms with van der Waals surface area (Å²) in [6.07, 6.45) is 4.18. The summed E-state index contributed by atoms with van der Waals surface area (Å²) in [5.74, 6) is -0.0674. The predicted octanol–water partition coefficient (Wildman–Crippen LogP) is 2.54. The van der Waals surface area contributed by atoms with Crippen LogP contribution in [0.3, 0.4) is 0 Å². The first-order valence-electron chi connectivity index (χ1n) is 11.7. The SMILES string of the molecule is O=C(NCCc1c[nH]c2ccccc12)C1CCN(C(=O)Cc2n[nH]c(=O)c3ccccc23)CC1. The topological polar surface area (TPSA) is 111 Å². The lowest BCUT2D eigenvalue weighted by atomic mass is 9.95. The highest BCUT2D eigenvalue weighted by Gasteiger charge is 2.27. The molecule has 1 fully saturated rings. The Bertz CT molecular complexity index is 1400. The molecular weight excluding hydrogens is 430 g/mol. The first-order chi connectivity index (χ1) is 16.6. The van der Waals surface area contributed by atoms with Gasteiger partial charge in [0.2, 0.25) is 11.8 Å². The maximum atomic E-state index is 12.9. The molecular formula is C26H27N5O3. The van der Waals surface area contributed by atoms with Gasteiger partial charge in [0.25, 0.3) is 5.56 Å². The molecule has 8 nitrogen and oxygen atoms in total. The van der Waals surface area contributed by atoms with Gasteiger partial charge in [-0.3, -0.25) is 14.4 Å². The number of hydrogen-bond acceptors (Lipinski definition) is 4. The number of amides is 2. The molecule has 1 saturated heterocycles. The van der Waals surface area contributed by atoms with E-state index in [-0.39, 0.29) is 29.7 Å². The third kappa shape index (κ3) is 4.44. The first-order valence-corrected chi connectivity index (χ1v) is 11.7. The van der Waals surface area contributed by atoms with Gasteiger partial charge in [-0.05, 0) is 37.0 Å². The van der Waals surface area contributed by atoms with E-state index < -0.39 is 0 Å². The quantitative estimate of drug-likeness (QED) is 0.413. The number of aromatic nitrogens is 3. The molecule has 34 heavy (non-hydrogen) atoms. The number of aromatic amines is 2. The second-order valence-corrected chi connectivity index (χ2v) is 8.78. The molecule has 0 unspecified atom stereocenters.